The Labute approximate surface area is 170 Å². The monoisotopic (exact) mass is 415 g/mol. The molecule has 1 aromatic carbocycles. The molecule has 2 aromatic heterocycles. The molecule has 0 saturated carbocycles. The summed E-state index contributed by atoms with van der Waals surface area (Å²) in [5, 5.41) is 0.344. The van der Waals surface area contributed by atoms with Crippen molar-refractivity contribution in [3.63, 3.8) is 0 Å². The Morgan fingerprint density at radius 2 is 1.90 bits per heavy atom. The van der Waals surface area contributed by atoms with Crippen molar-refractivity contribution in [1.29, 1.82) is 0 Å². The molecule has 0 spiro atoms. The smallest absolute Gasteiger partial charge is 0.262 e. The van der Waals surface area contributed by atoms with Crippen molar-refractivity contribution in [2.24, 2.45) is 5.73 Å². The number of aryl methyl sites for hydroxylation is 1. The third-order valence-electron chi connectivity index (χ3n) is 4.60. The summed E-state index contributed by atoms with van der Waals surface area (Å²) < 4.78 is 12.1. The van der Waals surface area contributed by atoms with E-state index in [2.05, 4.69) is 4.98 Å². The second-order valence-electron chi connectivity index (χ2n) is 6.51. The number of hydrogen-bond donors (Lipinski definition) is 1. The highest BCUT2D eigenvalue weighted by molar-refractivity contribution is 7.20. The van der Waals surface area contributed by atoms with E-state index < -0.39 is 5.91 Å². The molecule has 8 nitrogen and oxygen atoms in total. The second-order valence-corrected chi connectivity index (χ2v) is 7.51. The summed E-state index contributed by atoms with van der Waals surface area (Å²) in [4.78, 5) is 41.9. The van der Waals surface area contributed by atoms with E-state index in [-0.39, 0.29) is 24.3 Å². The summed E-state index contributed by atoms with van der Waals surface area (Å²) >= 11 is 1.08. The molecule has 0 saturated heterocycles. The average Bonchev–Trinajstić information content (AvgIpc) is 3.03. The van der Waals surface area contributed by atoms with Crippen LogP contribution in [0.3, 0.4) is 0 Å². The zero-order chi connectivity index (χ0) is 21.3. The van der Waals surface area contributed by atoms with Crippen LogP contribution in [0.1, 0.15) is 28.6 Å². The van der Waals surface area contributed by atoms with Crippen LogP contribution < -0.4 is 20.8 Å². The average molecular weight is 415 g/mol. The van der Waals surface area contributed by atoms with Gasteiger partial charge in [0.25, 0.3) is 11.5 Å². The molecule has 0 atom stereocenters. The number of primary amides is 1. The number of ketones is 1. The van der Waals surface area contributed by atoms with Gasteiger partial charge in [-0.2, -0.15) is 0 Å². The molecule has 3 aromatic rings. The molecule has 1 amide bonds. The minimum Gasteiger partial charge on any atom is -0.493 e. The molecule has 0 unspecified atom stereocenters. The Morgan fingerprint density at radius 3 is 2.48 bits per heavy atom. The van der Waals surface area contributed by atoms with Gasteiger partial charge in [-0.3, -0.25) is 19.0 Å². The molecule has 0 aliphatic carbocycles. The van der Waals surface area contributed by atoms with Crippen LogP contribution >= 0.6 is 11.3 Å². The number of carbonyl (C=O) groups excluding carboxylic acids is 2. The molecule has 0 aliphatic rings. The minimum absolute atomic E-state index is 0.0462. The van der Waals surface area contributed by atoms with Crippen LogP contribution in [0.5, 0.6) is 11.5 Å². The van der Waals surface area contributed by atoms with Crippen molar-refractivity contribution >= 4 is 33.2 Å². The maximum absolute atomic E-state index is 13.3. The minimum atomic E-state index is -0.604. The number of carbonyl (C=O) groups is 2. The van der Waals surface area contributed by atoms with Gasteiger partial charge in [0.1, 0.15) is 16.4 Å². The molecule has 0 radical (unpaired) electrons. The molecule has 29 heavy (non-hydrogen) atoms. The number of rotatable bonds is 7. The van der Waals surface area contributed by atoms with Gasteiger partial charge in [-0.1, -0.05) is 0 Å². The molecule has 9 heteroatoms. The maximum atomic E-state index is 13.3. The quantitative estimate of drug-likeness (QED) is 0.634. The summed E-state index contributed by atoms with van der Waals surface area (Å²) in [5.74, 6) is 0.751. The van der Waals surface area contributed by atoms with Gasteiger partial charge >= 0.3 is 0 Å². The van der Waals surface area contributed by atoms with Crippen LogP contribution in [-0.2, 0) is 11.3 Å². The molecular weight excluding hydrogens is 394 g/mol. The molecular formula is C20H21N3O5S. The lowest BCUT2D eigenvalue weighted by molar-refractivity contribution is -0.117. The van der Waals surface area contributed by atoms with Gasteiger partial charge in [0.05, 0.1) is 24.5 Å². The normalized spacial score (nSPS) is 10.9. The number of nitrogens with zero attached hydrogens (tertiary/aromatic N) is 2. The number of benzene rings is 1. The van der Waals surface area contributed by atoms with Crippen molar-refractivity contribution in [2.75, 3.05) is 14.2 Å². The van der Waals surface area contributed by atoms with Crippen LogP contribution in [-0.4, -0.2) is 35.5 Å². The zero-order valence-electron chi connectivity index (χ0n) is 16.6. The van der Waals surface area contributed by atoms with E-state index in [0.717, 1.165) is 11.3 Å². The Bertz CT molecular complexity index is 1180. The van der Waals surface area contributed by atoms with E-state index in [1.54, 1.807) is 25.1 Å². The van der Waals surface area contributed by atoms with Crippen molar-refractivity contribution in [3.05, 3.63) is 39.0 Å². The van der Waals surface area contributed by atoms with Crippen molar-refractivity contribution in [2.45, 2.75) is 26.8 Å². The van der Waals surface area contributed by atoms with Crippen molar-refractivity contribution in [1.82, 2.24) is 9.55 Å². The first-order chi connectivity index (χ1) is 13.8. The Kier molecular flexibility index (Phi) is 5.69. The fraction of sp³-hybridized carbons (Fsp3) is 0.300. The number of amides is 1. The van der Waals surface area contributed by atoms with Gasteiger partial charge in [-0.05, 0) is 37.6 Å². The largest absolute Gasteiger partial charge is 0.493 e. The van der Waals surface area contributed by atoms with E-state index in [4.69, 9.17) is 15.2 Å². The first-order valence-electron chi connectivity index (χ1n) is 8.84. The molecule has 2 N–H and O–H groups in total. The first-order valence-corrected chi connectivity index (χ1v) is 9.65. The van der Waals surface area contributed by atoms with E-state index in [0.29, 0.717) is 43.5 Å². The topological polar surface area (TPSA) is 114 Å². The zero-order valence-corrected chi connectivity index (χ0v) is 17.4. The summed E-state index contributed by atoms with van der Waals surface area (Å²) in [5.41, 5.74) is 6.25. The van der Waals surface area contributed by atoms with Crippen LogP contribution in [0.25, 0.3) is 21.6 Å². The standard InChI is InChI=1S/C20H21N3O5S/c1-10(24)7-8-23-18(12-5-6-13(27-3)14(9-12)28-4)22-19-15(20(23)26)11(2)16(29-19)17(21)25/h5-6,9H,7-8H2,1-4H3,(H2,21,25). The second kappa shape index (κ2) is 8.04. The molecule has 152 valence electrons. The van der Waals surface area contributed by atoms with Crippen LogP contribution in [0, 0.1) is 6.92 Å². The highest BCUT2D eigenvalue weighted by atomic mass is 32.1. The Morgan fingerprint density at radius 1 is 1.21 bits per heavy atom. The lowest BCUT2D eigenvalue weighted by Gasteiger charge is -2.14. The van der Waals surface area contributed by atoms with Crippen molar-refractivity contribution < 1.29 is 19.1 Å². The Hall–Kier alpha value is -3.20. The summed E-state index contributed by atoms with van der Waals surface area (Å²) in [6, 6.07) is 5.19. The van der Waals surface area contributed by atoms with Crippen LogP contribution in [0.15, 0.2) is 23.0 Å². The van der Waals surface area contributed by atoms with Gasteiger partial charge in [0.2, 0.25) is 0 Å². The molecule has 0 aliphatic heterocycles. The SMILES string of the molecule is COc1ccc(-c2nc3sc(C(N)=O)c(C)c3c(=O)n2CCC(C)=O)cc1OC. The summed E-state index contributed by atoms with van der Waals surface area (Å²) in [6.07, 6.45) is 0.180. The fourth-order valence-electron chi connectivity index (χ4n) is 3.12. The summed E-state index contributed by atoms with van der Waals surface area (Å²) in [6.45, 7) is 3.31. The van der Waals surface area contributed by atoms with Gasteiger partial charge in [0.15, 0.2) is 11.5 Å². The van der Waals surface area contributed by atoms with Crippen LogP contribution in [0.4, 0.5) is 0 Å². The predicted molar refractivity (Wildman–Crippen MR) is 111 cm³/mol. The predicted octanol–water partition coefficient (Wildman–Crippen LogP) is 2.53. The van der Waals surface area contributed by atoms with E-state index >= 15 is 0 Å². The van der Waals surface area contributed by atoms with Crippen molar-refractivity contribution in [3.8, 4) is 22.9 Å². The number of methoxy groups -OCH3 is 2. The van der Waals surface area contributed by atoms with Gasteiger partial charge in [-0.15, -0.1) is 11.3 Å². The van der Waals surface area contributed by atoms with Crippen LogP contribution in [0.2, 0.25) is 0 Å². The third-order valence-corrected chi connectivity index (χ3v) is 5.80. The maximum Gasteiger partial charge on any atom is 0.262 e. The first kappa shape index (κ1) is 20.5. The lowest BCUT2D eigenvalue weighted by Crippen LogP contribution is -2.24. The number of hydrogen-bond acceptors (Lipinski definition) is 7. The highest BCUT2D eigenvalue weighted by Crippen LogP contribution is 2.33. The lowest BCUT2D eigenvalue weighted by atomic mass is 10.1. The number of Topliss-reactive ketones (excluding diaryl/α,β-unsaturated/α-hetero) is 1. The number of aromatic nitrogens is 2. The molecule has 2 heterocycles. The highest BCUT2D eigenvalue weighted by Gasteiger charge is 2.21. The molecule has 0 bridgehead atoms. The van der Waals surface area contributed by atoms with Gasteiger partial charge < -0.3 is 15.2 Å². The molecule has 0 fully saturated rings. The number of ether oxygens (including phenoxy) is 2. The number of nitrogens with two attached hydrogens (primary N) is 1. The fourth-order valence-corrected chi connectivity index (χ4v) is 4.15. The Balaban J connectivity index is 2.32. The number of fused-ring (bicyclic) bond motifs is 1. The van der Waals surface area contributed by atoms with Gasteiger partial charge in [-0.25, -0.2) is 4.98 Å². The van der Waals surface area contributed by atoms with E-state index in [1.165, 1.54) is 25.7 Å². The molecule has 3 rings (SSSR count). The van der Waals surface area contributed by atoms with E-state index in [9.17, 15) is 14.4 Å². The van der Waals surface area contributed by atoms with E-state index in [1.807, 2.05) is 0 Å². The third kappa shape index (κ3) is 3.73. The summed E-state index contributed by atoms with van der Waals surface area (Å²) in [7, 11) is 3.05. The van der Waals surface area contributed by atoms with Gasteiger partial charge in [0, 0.05) is 18.5 Å². The number of thiophene rings is 1.